The Morgan fingerprint density at radius 3 is 2.43 bits per heavy atom. The number of amides is 2. The summed E-state index contributed by atoms with van der Waals surface area (Å²) in [6, 6.07) is 19.5. The summed E-state index contributed by atoms with van der Waals surface area (Å²) in [6.45, 7) is 0. The molecule has 2 fully saturated rings. The molecule has 0 aromatic heterocycles. The van der Waals surface area contributed by atoms with Gasteiger partial charge < -0.3 is 4.74 Å². The van der Waals surface area contributed by atoms with Gasteiger partial charge in [0.25, 0.3) is 0 Å². The number of hydrazone groups is 1. The van der Waals surface area contributed by atoms with E-state index in [1.165, 1.54) is 4.90 Å². The van der Waals surface area contributed by atoms with Crippen LogP contribution in [0.3, 0.4) is 0 Å². The number of ether oxygens (including phenoxy) is 1. The smallest absolute Gasteiger partial charge is 0.240 e. The van der Waals surface area contributed by atoms with Gasteiger partial charge in [0.05, 0.1) is 36.9 Å². The largest absolute Gasteiger partial charge is 0.497 e. The van der Waals surface area contributed by atoms with Crippen LogP contribution >= 0.6 is 11.6 Å². The molecule has 3 aromatic rings. The van der Waals surface area contributed by atoms with Crippen molar-refractivity contribution in [3.8, 4) is 5.75 Å². The lowest BCUT2D eigenvalue weighted by molar-refractivity contribution is -0.124. The SMILES string of the molecule is COc1ccc(C(=O)[C@@H]2[C@@H]3C(=O)N(c4cccc(Cl)c4)C(=O)[C@H]3[C@H]3c4ccccc4C=NN23)cc1. The van der Waals surface area contributed by atoms with Crippen LogP contribution in [0.1, 0.15) is 27.5 Å². The van der Waals surface area contributed by atoms with E-state index in [0.717, 1.165) is 11.1 Å². The van der Waals surface area contributed by atoms with Crippen LogP contribution in [0.15, 0.2) is 77.9 Å². The minimum absolute atomic E-state index is 0.268. The zero-order valence-electron chi connectivity index (χ0n) is 18.7. The number of carbonyl (C=O) groups excluding carboxylic acids is 3. The lowest BCUT2D eigenvalue weighted by atomic mass is 9.83. The van der Waals surface area contributed by atoms with E-state index in [1.54, 1.807) is 66.9 Å². The lowest BCUT2D eigenvalue weighted by Gasteiger charge is -2.33. The molecule has 0 saturated carbocycles. The van der Waals surface area contributed by atoms with E-state index < -0.39 is 29.8 Å². The average molecular weight is 486 g/mol. The number of nitrogens with zero attached hydrogens (tertiary/aromatic N) is 3. The molecule has 0 spiro atoms. The zero-order valence-corrected chi connectivity index (χ0v) is 19.4. The van der Waals surface area contributed by atoms with E-state index in [0.29, 0.717) is 22.0 Å². The Bertz CT molecular complexity index is 1400. The van der Waals surface area contributed by atoms with Crippen molar-refractivity contribution in [1.82, 2.24) is 5.01 Å². The minimum atomic E-state index is -0.927. The molecule has 0 unspecified atom stereocenters. The number of methoxy groups -OCH3 is 1. The van der Waals surface area contributed by atoms with Gasteiger partial charge in [-0.25, -0.2) is 4.90 Å². The Labute approximate surface area is 206 Å². The molecule has 7 nitrogen and oxygen atoms in total. The van der Waals surface area contributed by atoms with Gasteiger partial charge in [-0.1, -0.05) is 41.9 Å². The van der Waals surface area contributed by atoms with Crippen molar-refractivity contribution >= 4 is 41.1 Å². The molecule has 174 valence electrons. The normalized spacial score (nSPS) is 24.3. The van der Waals surface area contributed by atoms with Crippen LogP contribution < -0.4 is 9.64 Å². The molecular formula is C27H20ClN3O4. The molecular weight excluding hydrogens is 466 g/mol. The zero-order chi connectivity index (χ0) is 24.3. The molecule has 3 aliphatic heterocycles. The number of anilines is 1. The summed E-state index contributed by atoms with van der Waals surface area (Å²) in [6.07, 6.45) is 1.69. The molecule has 0 radical (unpaired) electrons. The van der Waals surface area contributed by atoms with E-state index in [-0.39, 0.29) is 11.7 Å². The lowest BCUT2D eigenvalue weighted by Crippen LogP contribution is -2.44. The quantitative estimate of drug-likeness (QED) is 0.410. The van der Waals surface area contributed by atoms with Crippen LogP contribution in [-0.2, 0) is 9.59 Å². The van der Waals surface area contributed by atoms with Gasteiger partial charge in [-0.05, 0) is 53.6 Å². The van der Waals surface area contributed by atoms with Crippen molar-refractivity contribution in [3.05, 3.63) is 94.5 Å². The first-order valence-corrected chi connectivity index (χ1v) is 11.6. The summed E-state index contributed by atoms with van der Waals surface area (Å²) in [5.41, 5.74) is 2.56. The Morgan fingerprint density at radius 1 is 0.943 bits per heavy atom. The van der Waals surface area contributed by atoms with E-state index in [2.05, 4.69) is 5.10 Å². The number of ketones is 1. The van der Waals surface area contributed by atoms with Gasteiger partial charge in [-0.3, -0.25) is 19.4 Å². The third kappa shape index (κ3) is 3.19. The second-order valence-electron chi connectivity index (χ2n) is 8.78. The summed E-state index contributed by atoms with van der Waals surface area (Å²) in [5.74, 6) is -2.06. The van der Waals surface area contributed by atoms with Gasteiger partial charge in [-0.2, -0.15) is 5.10 Å². The van der Waals surface area contributed by atoms with Crippen molar-refractivity contribution in [2.24, 2.45) is 16.9 Å². The van der Waals surface area contributed by atoms with Gasteiger partial charge in [0.1, 0.15) is 11.8 Å². The van der Waals surface area contributed by atoms with Gasteiger partial charge in [-0.15, -0.1) is 0 Å². The van der Waals surface area contributed by atoms with Crippen molar-refractivity contribution < 1.29 is 19.1 Å². The van der Waals surface area contributed by atoms with Crippen molar-refractivity contribution in [2.75, 3.05) is 12.0 Å². The highest BCUT2D eigenvalue weighted by atomic mass is 35.5. The number of hydrogen-bond acceptors (Lipinski definition) is 6. The highest BCUT2D eigenvalue weighted by Crippen LogP contribution is 2.53. The molecule has 0 aliphatic carbocycles. The summed E-state index contributed by atoms with van der Waals surface area (Å²) in [7, 11) is 1.55. The molecule has 8 heteroatoms. The maximum absolute atomic E-state index is 13.8. The Balaban J connectivity index is 1.48. The molecule has 3 aliphatic rings. The van der Waals surface area contributed by atoms with Gasteiger partial charge in [0, 0.05) is 10.6 Å². The Morgan fingerprint density at radius 2 is 1.69 bits per heavy atom. The second kappa shape index (κ2) is 8.06. The van der Waals surface area contributed by atoms with Gasteiger partial charge >= 0.3 is 0 Å². The Hall–Kier alpha value is -3.97. The fourth-order valence-corrected chi connectivity index (χ4v) is 5.65. The van der Waals surface area contributed by atoms with Gasteiger partial charge in [0.2, 0.25) is 11.8 Å². The number of Topliss-reactive ketones (excluding diaryl/α,β-unsaturated/α-hetero) is 1. The predicted molar refractivity (Wildman–Crippen MR) is 131 cm³/mol. The van der Waals surface area contributed by atoms with Crippen molar-refractivity contribution in [2.45, 2.75) is 12.1 Å². The van der Waals surface area contributed by atoms with E-state index in [9.17, 15) is 14.4 Å². The maximum atomic E-state index is 13.8. The number of hydrogen-bond donors (Lipinski definition) is 0. The van der Waals surface area contributed by atoms with Crippen molar-refractivity contribution in [3.63, 3.8) is 0 Å². The first kappa shape index (κ1) is 21.6. The topological polar surface area (TPSA) is 79.3 Å². The van der Waals surface area contributed by atoms with E-state index in [4.69, 9.17) is 16.3 Å². The summed E-state index contributed by atoms with van der Waals surface area (Å²) < 4.78 is 5.21. The van der Waals surface area contributed by atoms with Crippen LogP contribution in [0, 0.1) is 11.8 Å². The standard InChI is InChI=1S/C27H20ClN3O4/c1-35-19-11-9-15(10-12-19)25(32)24-22-21(23-20-8-3-2-5-16(20)14-29-31(23)24)26(33)30(27(22)34)18-7-4-6-17(28)13-18/h2-14,21-24H,1H3/t21-,22-,23-,24+/m1/s1. The highest BCUT2D eigenvalue weighted by molar-refractivity contribution is 6.31. The van der Waals surface area contributed by atoms with Crippen LogP contribution in [0.4, 0.5) is 5.69 Å². The van der Waals surface area contributed by atoms with E-state index >= 15 is 0 Å². The Kier molecular flexibility index (Phi) is 4.96. The fourth-order valence-electron chi connectivity index (χ4n) is 5.46. The summed E-state index contributed by atoms with van der Waals surface area (Å²) in [5, 5.41) is 6.64. The number of halogens is 1. The predicted octanol–water partition coefficient (Wildman–Crippen LogP) is 4.11. The van der Waals surface area contributed by atoms with Crippen LogP contribution in [0.2, 0.25) is 5.02 Å². The summed E-state index contributed by atoms with van der Waals surface area (Å²) >= 11 is 6.16. The van der Waals surface area contributed by atoms with Crippen molar-refractivity contribution in [1.29, 1.82) is 0 Å². The molecule has 0 bridgehead atoms. The second-order valence-corrected chi connectivity index (χ2v) is 9.22. The molecule has 0 N–H and O–H groups in total. The number of benzene rings is 3. The minimum Gasteiger partial charge on any atom is -0.497 e. The van der Waals surface area contributed by atoms with E-state index in [1.807, 2.05) is 24.3 Å². The molecule has 2 saturated heterocycles. The fraction of sp³-hybridized carbons (Fsp3) is 0.185. The molecule has 6 rings (SSSR count). The summed E-state index contributed by atoms with van der Waals surface area (Å²) in [4.78, 5) is 42.7. The monoisotopic (exact) mass is 485 g/mol. The van der Waals surface area contributed by atoms with Crippen LogP contribution in [-0.4, -0.2) is 42.0 Å². The number of imide groups is 1. The molecule has 3 heterocycles. The first-order valence-electron chi connectivity index (χ1n) is 11.2. The van der Waals surface area contributed by atoms with Crippen LogP contribution in [0.5, 0.6) is 5.75 Å². The van der Waals surface area contributed by atoms with Crippen LogP contribution in [0.25, 0.3) is 0 Å². The highest BCUT2D eigenvalue weighted by Gasteiger charge is 2.65. The third-order valence-corrected chi connectivity index (χ3v) is 7.24. The number of rotatable bonds is 4. The average Bonchev–Trinajstić information content (AvgIpc) is 3.36. The molecule has 35 heavy (non-hydrogen) atoms. The number of fused-ring (bicyclic) bond motifs is 5. The molecule has 2 amide bonds. The molecule has 3 aromatic carbocycles. The first-order chi connectivity index (χ1) is 17.0. The van der Waals surface area contributed by atoms with Gasteiger partial charge in [0.15, 0.2) is 5.78 Å². The third-order valence-electron chi connectivity index (χ3n) is 7.00. The molecule has 4 atom stereocenters. The number of carbonyl (C=O) groups is 3. The maximum Gasteiger partial charge on any atom is 0.240 e.